The number of para-hydroxylation sites is 1. The van der Waals surface area contributed by atoms with Crippen molar-refractivity contribution < 1.29 is 9.53 Å². The molecule has 1 fully saturated rings. The standard InChI is InChI=1S/C24H28ClN3O2S.ClH/c1-17-7-8-19(15-18(17)2)16-22(29)28(10-4-9-27-11-13-30-14-12-27)24-26-23-20(25)5-3-6-21(23)31-24;/h3,5-8,15H,4,9-14,16H2,1-2H3;1H. The van der Waals surface area contributed by atoms with E-state index < -0.39 is 0 Å². The van der Waals surface area contributed by atoms with Gasteiger partial charge in [0.25, 0.3) is 0 Å². The topological polar surface area (TPSA) is 45.7 Å². The number of carbonyl (C=O) groups excluding carboxylic acids is 1. The van der Waals surface area contributed by atoms with E-state index in [4.69, 9.17) is 21.3 Å². The monoisotopic (exact) mass is 493 g/mol. The molecule has 1 saturated heterocycles. The molecule has 0 atom stereocenters. The number of aryl methyl sites for hydroxylation is 2. The van der Waals surface area contributed by atoms with E-state index in [1.165, 1.54) is 22.5 Å². The summed E-state index contributed by atoms with van der Waals surface area (Å²) < 4.78 is 6.44. The van der Waals surface area contributed by atoms with Gasteiger partial charge in [-0.2, -0.15) is 0 Å². The Balaban J connectivity index is 0.00000289. The summed E-state index contributed by atoms with van der Waals surface area (Å²) in [5.74, 6) is 0.0698. The summed E-state index contributed by atoms with van der Waals surface area (Å²) in [6.45, 7) is 9.22. The number of nitrogens with zero attached hydrogens (tertiary/aromatic N) is 3. The zero-order valence-corrected chi connectivity index (χ0v) is 20.9. The molecule has 1 aliphatic rings. The number of thiazole rings is 1. The lowest BCUT2D eigenvalue weighted by Crippen LogP contribution is -2.39. The molecule has 0 N–H and O–H groups in total. The van der Waals surface area contributed by atoms with Gasteiger partial charge < -0.3 is 4.74 Å². The lowest BCUT2D eigenvalue weighted by Gasteiger charge is -2.27. The SMILES string of the molecule is Cc1ccc(CC(=O)N(CCCN2CCOCC2)c2nc3c(Cl)cccc3s2)cc1C.Cl. The maximum Gasteiger partial charge on any atom is 0.233 e. The van der Waals surface area contributed by atoms with E-state index in [0.717, 1.165) is 60.2 Å². The normalized spacial score (nSPS) is 14.3. The van der Waals surface area contributed by atoms with E-state index >= 15 is 0 Å². The van der Waals surface area contributed by atoms with Crippen LogP contribution in [-0.4, -0.2) is 55.2 Å². The number of fused-ring (bicyclic) bond motifs is 1. The van der Waals surface area contributed by atoms with Crippen LogP contribution in [0.3, 0.4) is 0 Å². The molecule has 4 rings (SSSR count). The summed E-state index contributed by atoms with van der Waals surface area (Å²) in [4.78, 5) is 22.3. The second kappa shape index (κ2) is 11.4. The lowest BCUT2D eigenvalue weighted by atomic mass is 10.0. The first-order valence-corrected chi connectivity index (χ1v) is 11.9. The van der Waals surface area contributed by atoms with Crippen LogP contribution in [-0.2, 0) is 16.0 Å². The predicted octanol–water partition coefficient (Wildman–Crippen LogP) is 5.29. The molecule has 3 aromatic rings. The van der Waals surface area contributed by atoms with Crippen LogP contribution in [0, 0.1) is 13.8 Å². The Morgan fingerprint density at radius 2 is 1.97 bits per heavy atom. The molecule has 0 radical (unpaired) electrons. The third-order valence-corrected chi connectivity index (χ3v) is 7.13. The lowest BCUT2D eigenvalue weighted by molar-refractivity contribution is -0.118. The summed E-state index contributed by atoms with van der Waals surface area (Å²) >= 11 is 7.87. The van der Waals surface area contributed by atoms with Crippen LogP contribution in [0.2, 0.25) is 5.02 Å². The molecule has 0 saturated carbocycles. The van der Waals surface area contributed by atoms with Crippen molar-refractivity contribution >= 4 is 56.6 Å². The van der Waals surface area contributed by atoms with Gasteiger partial charge >= 0.3 is 0 Å². The van der Waals surface area contributed by atoms with Gasteiger partial charge in [-0.1, -0.05) is 47.2 Å². The highest BCUT2D eigenvalue weighted by Gasteiger charge is 2.21. The van der Waals surface area contributed by atoms with E-state index in [-0.39, 0.29) is 18.3 Å². The number of hydrogen-bond acceptors (Lipinski definition) is 5. The Kier molecular flexibility index (Phi) is 8.91. The fourth-order valence-electron chi connectivity index (χ4n) is 3.81. The van der Waals surface area contributed by atoms with Crippen LogP contribution in [0.4, 0.5) is 5.13 Å². The van der Waals surface area contributed by atoms with E-state index in [1.54, 1.807) is 0 Å². The van der Waals surface area contributed by atoms with Crippen molar-refractivity contribution in [1.29, 1.82) is 0 Å². The second-order valence-corrected chi connectivity index (χ2v) is 9.45. The minimum absolute atomic E-state index is 0. The Bertz CT molecular complexity index is 1070. The molecule has 172 valence electrons. The van der Waals surface area contributed by atoms with Crippen LogP contribution in [0.1, 0.15) is 23.1 Å². The van der Waals surface area contributed by atoms with E-state index in [0.29, 0.717) is 18.0 Å². The van der Waals surface area contributed by atoms with Crippen molar-refractivity contribution in [1.82, 2.24) is 9.88 Å². The largest absolute Gasteiger partial charge is 0.379 e. The number of halogens is 2. The van der Waals surface area contributed by atoms with Crippen molar-refractivity contribution in [3.63, 3.8) is 0 Å². The van der Waals surface area contributed by atoms with E-state index in [9.17, 15) is 4.79 Å². The average Bonchev–Trinajstić information content (AvgIpc) is 3.20. The molecule has 1 aliphatic heterocycles. The van der Waals surface area contributed by atoms with Crippen LogP contribution in [0.25, 0.3) is 10.2 Å². The third kappa shape index (κ3) is 6.00. The number of rotatable bonds is 7. The second-order valence-electron chi connectivity index (χ2n) is 8.03. The molecule has 0 spiro atoms. The molecule has 2 aromatic carbocycles. The van der Waals surface area contributed by atoms with Crippen LogP contribution < -0.4 is 4.90 Å². The fourth-order valence-corrected chi connectivity index (χ4v) is 5.12. The van der Waals surface area contributed by atoms with Gasteiger partial charge in [-0.15, -0.1) is 12.4 Å². The molecule has 1 amide bonds. The zero-order valence-electron chi connectivity index (χ0n) is 18.5. The number of hydrogen-bond donors (Lipinski definition) is 0. The summed E-state index contributed by atoms with van der Waals surface area (Å²) in [6, 6.07) is 12.0. The number of amides is 1. The fraction of sp³-hybridized carbons (Fsp3) is 0.417. The molecule has 0 bridgehead atoms. The molecule has 0 unspecified atom stereocenters. The van der Waals surface area contributed by atoms with Gasteiger partial charge in [0.15, 0.2) is 5.13 Å². The Hall–Kier alpha value is -1.70. The van der Waals surface area contributed by atoms with Gasteiger partial charge in [0, 0.05) is 26.2 Å². The van der Waals surface area contributed by atoms with Gasteiger partial charge in [-0.3, -0.25) is 14.6 Å². The highest BCUT2D eigenvalue weighted by atomic mass is 35.5. The summed E-state index contributed by atoms with van der Waals surface area (Å²) in [5.41, 5.74) is 4.24. The smallest absolute Gasteiger partial charge is 0.233 e. The molecule has 2 heterocycles. The molecule has 32 heavy (non-hydrogen) atoms. The Labute approximate surface area is 204 Å². The summed E-state index contributed by atoms with van der Waals surface area (Å²) in [6.07, 6.45) is 1.25. The van der Waals surface area contributed by atoms with Gasteiger partial charge in [-0.05, 0) is 49.1 Å². The van der Waals surface area contributed by atoms with Crippen molar-refractivity contribution in [2.45, 2.75) is 26.7 Å². The van der Waals surface area contributed by atoms with Gasteiger partial charge in [0.2, 0.25) is 5.91 Å². The number of carbonyl (C=O) groups is 1. The molecule has 1 aromatic heterocycles. The first kappa shape index (κ1) is 24.9. The highest BCUT2D eigenvalue weighted by Crippen LogP contribution is 2.33. The summed E-state index contributed by atoms with van der Waals surface area (Å²) in [5, 5.41) is 1.34. The number of benzene rings is 2. The summed E-state index contributed by atoms with van der Waals surface area (Å²) in [7, 11) is 0. The third-order valence-electron chi connectivity index (χ3n) is 5.78. The molecular formula is C24H29Cl2N3O2S. The molecular weight excluding hydrogens is 465 g/mol. The van der Waals surface area contributed by atoms with Gasteiger partial charge in [0.05, 0.1) is 29.4 Å². The quantitative estimate of drug-likeness (QED) is 0.448. The minimum Gasteiger partial charge on any atom is -0.379 e. The first-order valence-electron chi connectivity index (χ1n) is 10.7. The molecule has 5 nitrogen and oxygen atoms in total. The maximum atomic E-state index is 13.4. The number of ether oxygens (including phenoxy) is 1. The maximum absolute atomic E-state index is 13.4. The van der Waals surface area contributed by atoms with Crippen molar-refractivity contribution in [3.05, 3.63) is 58.1 Å². The number of anilines is 1. The van der Waals surface area contributed by atoms with E-state index in [1.807, 2.05) is 29.2 Å². The Morgan fingerprint density at radius 3 is 2.69 bits per heavy atom. The Morgan fingerprint density at radius 1 is 1.19 bits per heavy atom. The van der Waals surface area contributed by atoms with Crippen LogP contribution >= 0.6 is 35.3 Å². The van der Waals surface area contributed by atoms with Crippen LogP contribution in [0.15, 0.2) is 36.4 Å². The minimum atomic E-state index is 0. The highest BCUT2D eigenvalue weighted by molar-refractivity contribution is 7.22. The first-order chi connectivity index (χ1) is 15.0. The van der Waals surface area contributed by atoms with Gasteiger partial charge in [0.1, 0.15) is 5.52 Å². The molecule has 0 aliphatic carbocycles. The van der Waals surface area contributed by atoms with Crippen molar-refractivity contribution in [3.8, 4) is 0 Å². The van der Waals surface area contributed by atoms with Crippen LogP contribution in [0.5, 0.6) is 0 Å². The zero-order chi connectivity index (χ0) is 21.8. The average molecular weight is 494 g/mol. The number of morpholine rings is 1. The predicted molar refractivity (Wildman–Crippen MR) is 136 cm³/mol. The number of aromatic nitrogens is 1. The van der Waals surface area contributed by atoms with E-state index in [2.05, 4.69) is 30.9 Å². The van der Waals surface area contributed by atoms with Gasteiger partial charge in [-0.25, -0.2) is 4.98 Å². The van der Waals surface area contributed by atoms with Crippen molar-refractivity contribution in [2.24, 2.45) is 0 Å². The molecule has 8 heteroatoms. The van der Waals surface area contributed by atoms with Crippen molar-refractivity contribution in [2.75, 3.05) is 44.3 Å².